The fourth-order valence-corrected chi connectivity index (χ4v) is 1.12. The molecule has 0 fully saturated rings. The lowest BCUT2D eigenvalue weighted by atomic mass is 10.1. The lowest BCUT2D eigenvalue weighted by molar-refractivity contribution is 0.0955. The van der Waals surface area contributed by atoms with E-state index in [4.69, 9.17) is 11.6 Å². The molecule has 0 saturated heterocycles. The van der Waals surface area contributed by atoms with E-state index in [1.54, 1.807) is 31.3 Å². The Kier molecular flexibility index (Phi) is 3.46. The zero-order valence-corrected chi connectivity index (χ0v) is 8.43. The van der Waals surface area contributed by atoms with E-state index in [1.807, 2.05) is 6.92 Å². The van der Waals surface area contributed by atoms with Crippen molar-refractivity contribution in [2.45, 2.75) is 13.0 Å². The van der Waals surface area contributed by atoms with Crippen LogP contribution in [0.4, 0.5) is 0 Å². The maximum atomic E-state index is 11.6. The van der Waals surface area contributed by atoms with E-state index in [2.05, 4.69) is 5.32 Å². The maximum absolute atomic E-state index is 11.6. The lowest BCUT2D eigenvalue weighted by Gasteiger charge is -2.08. The molecule has 1 atom stereocenters. The smallest absolute Gasteiger partial charge is 0.179 e. The molecule has 0 saturated carbocycles. The number of likely N-dealkylation sites (N-methyl/N-ethyl adjacent to an activating group) is 1. The Balaban J connectivity index is 2.83. The van der Waals surface area contributed by atoms with Crippen LogP contribution in [0.3, 0.4) is 0 Å². The molecule has 0 aliphatic rings. The van der Waals surface area contributed by atoms with Gasteiger partial charge in [-0.2, -0.15) is 0 Å². The minimum Gasteiger partial charge on any atom is -0.310 e. The van der Waals surface area contributed by atoms with E-state index >= 15 is 0 Å². The van der Waals surface area contributed by atoms with Crippen molar-refractivity contribution in [1.82, 2.24) is 5.32 Å². The van der Waals surface area contributed by atoms with Crippen LogP contribution in [0.1, 0.15) is 17.3 Å². The largest absolute Gasteiger partial charge is 0.310 e. The molecule has 2 nitrogen and oxygen atoms in total. The predicted molar refractivity (Wildman–Crippen MR) is 54.3 cm³/mol. The van der Waals surface area contributed by atoms with Crippen molar-refractivity contribution in [3.8, 4) is 0 Å². The summed E-state index contributed by atoms with van der Waals surface area (Å²) in [7, 11) is 1.76. The highest BCUT2D eigenvalue weighted by atomic mass is 35.5. The van der Waals surface area contributed by atoms with Gasteiger partial charge in [0.25, 0.3) is 0 Å². The van der Waals surface area contributed by atoms with E-state index in [0.717, 1.165) is 0 Å². The van der Waals surface area contributed by atoms with Gasteiger partial charge in [-0.1, -0.05) is 11.6 Å². The van der Waals surface area contributed by atoms with Crippen LogP contribution in [0.5, 0.6) is 0 Å². The summed E-state index contributed by atoms with van der Waals surface area (Å²) in [6, 6.07) is 6.76. The summed E-state index contributed by atoms with van der Waals surface area (Å²) in [5, 5.41) is 3.54. The van der Waals surface area contributed by atoms with Crippen molar-refractivity contribution in [3.05, 3.63) is 34.9 Å². The highest BCUT2D eigenvalue weighted by Crippen LogP contribution is 2.10. The minimum absolute atomic E-state index is 0.0826. The molecule has 0 bridgehead atoms. The molecule has 0 amide bonds. The van der Waals surface area contributed by atoms with Crippen LogP contribution < -0.4 is 5.32 Å². The summed E-state index contributed by atoms with van der Waals surface area (Å²) in [5.41, 5.74) is 0.686. The highest BCUT2D eigenvalue weighted by molar-refractivity contribution is 6.30. The number of carbonyl (C=O) groups is 1. The Morgan fingerprint density at radius 1 is 1.38 bits per heavy atom. The van der Waals surface area contributed by atoms with Gasteiger partial charge in [0.05, 0.1) is 6.04 Å². The molecule has 0 spiro atoms. The van der Waals surface area contributed by atoms with Crippen LogP contribution in [0, 0.1) is 0 Å². The molecule has 70 valence electrons. The fourth-order valence-electron chi connectivity index (χ4n) is 0.995. The molecule has 0 aliphatic heterocycles. The Bertz CT molecular complexity index is 294. The molecular formula is C10H12ClNO. The number of Topliss-reactive ketones (excluding diaryl/α,β-unsaturated/α-hetero) is 1. The van der Waals surface area contributed by atoms with Crippen molar-refractivity contribution < 1.29 is 4.79 Å². The first-order valence-electron chi connectivity index (χ1n) is 4.12. The molecule has 1 N–H and O–H groups in total. The minimum atomic E-state index is -0.152. The first-order chi connectivity index (χ1) is 6.15. The first kappa shape index (κ1) is 10.2. The molecule has 0 unspecified atom stereocenters. The standard InChI is InChI=1S/C10H12ClNO/c1-7(12-2)10(13)8-3-5-9(11)6-4-8/h3-7,12H,1-2H3/t7-/m0/s1. The van der Waals surface area contributed by atoms with E-state index in [-0.39, 0.29) is 11.8 Å². The van der Waals surface area contributed by atoms with Gasteiger partial charge in [-0.25, -0.2) is 0 Å². The van der Waals surface area contributed by atoms with Gasteiger partial charge in [0.2, 0.25) is 0 Å². The quantitative estimate of drug-likeness (QED) is 0.753. The number of ketones is 1. The molecule has 1 aromatic carbocycles. The molecule has 0 radical (unpaired) electrons. The fraction of sp³-hybridized carbons (Fsp3) is 0.300. The van der Waals surface area contributed by atoms with Crippen molar-refractivity contribution in [2.24, 2.45) is 0 Å². The number of nitrogens with one attached hydrogen (secondary N) is 1. The van der Waals surface area contributed by atoms with Crippen molar-refractivity contribution in [3.63, 3.8) is 0 Å². The van der Waals surface area contributed by atoms with E-state index < -0.39 is 0 Å². The predicted octanol–water partition coefficient (Wildman–Crippen LogP) is 2.13. The summed E-state index contributed by atoms with van der Waals surface area (Å²) in [6.45, 7) is 1.83. The number of halogens is 1. The summed E-state index contributed by atoms with van der Waals surface area (Å²) in [6.07, 6.45) is 0. The third-order valence-electron chi connectivity index (χ3n) is 1.96. The number of hydrogen-bond acceptors (Lipinski definition) is 2. The molecule has 0 heterocycles. The van der Waals surface area contributed by atoms with Crippen molar-refractivity contribution >= 4 is 17.4 Å². The van der Waals surface area contributed by atoms with Gasteiger partial charge < -0.3 is 5.32 Å². The third-order valence-corrected chi connectivity index (χ3v) is 2.21. The molecular weight excluding hydrogens is 186 g/mol. The molecule has 1 aromatic rings. The number of rotatable bonds is 3. The first-order valence-corrected chi connectivity index (χ1v) is 4.50. The number of benzene rings is 1. The van der Waals surface area contributed by atoms with E-state index in [9.17, 15) is 4.79 Å². The van der Waals surface area contributed by atoms with Gasteiger partial charge in [0.15, 0.2) is 5.78 Å². The average Bonchev–Trinajstić information content (AvgIpc) is 2.17. The summed E-state index contributed by atoms with van der Waals surface area (Å²) >= 11 is 5.70. The second kappa shape index (κ2) is 4.40. The zero-order chi connectivity index (χ0) is 9.84. The molecule has 0 aromatic heterocycles. The van der Waals surface area contributed by atoms with Crippen molar-refractivity contribution in [2.75, 3.05) is 7.05 Å². The van der Waals surface area contributed by atoms with Gasteiger partial charge in [-0.05, 0) is 38.2 Å². The SMILES string of the molecule is CN[C@@H](C)C(=O)c1ccc(Cl)cc1. The van der Waals surface area contributed by atoms with Gasteiger partial charge >= 0.3 is 0 Å². The number of carbonyl (C=O) groups excluding carboxylic acids is 1. The van der Waals surface area contributed by atoms with E-state index in [0.29, 0.717) is 10.6 Å². The second-order valence-corrected chi connectivity index (χ2v) is 3.32. The summed E-state index contributed by atoms with van der Waals surface area (Å²) < 4.78 is 0. The van der Waals surface area contributed by atoms with Gasteiger partial charge in [-0.15, -0.1) is 0 Å². The third kappa shape index (κ3) is 2.54. The molecule has 13 heavy (non-hydrogen) atoms. The maximum Gasteiger partial charge on any atom is 0.179 e. The topological polar surface area (TPSA) is 29.1 Å². The Labute approximate surface area is 82.9 Å². The van der Waals surface area contributed by atoms with Crippen LogP contribution in [0.15, 0.2) is 24.3 Å². The van der Waals surface area contributed by atoms with E-state index in [1.165, 1.54) is 0 Å². The van der Waals surface area contributed by atoms with Crippen LogP contribution in [0.2, 0.25) is 5.02 Å². The van der Waals surface area contributed by atoms with Gasteiger partial charge in [-0.3, -0.25) is 4.79 Å². The van der Waals surface area contributed by atoms with Crippen molar-refractivity contribution in [1.29, 1.82) is 0 Å². The molecule has 0 aliphatic carbocycles. The van der Waals surface area contributed by atoms with Crippen LogP contribution in [0.25, 0.3) is 0 Å². The van der Waals surface area contributed by atoms with Gasteiger partial charge in [0.1, 0.15) is 0 Å². The monoisotopic (exact) mass is 197 g/mol. The van der Waals surface area contributed by atoms with Gasteiger partial charge in [0, 0.05) is 10.6 Å². The number of hydrogen-bond donors (Lipinski definition) is 1. The van der Waals surface area contributed by atoms with Crippen LogP contribution in [-0.2, 0) is 0 Å². The summed E-state index contributed by atoms with van der Waals surface area (Å²) in [4.78, 5) is 11.6. The summed E-state index contributed by atoms with van der Waals surface area (Å²) in [5.74, 6) is 0.0826. The molecule has 1 rings (SSSR count). The molecule has 3 heteroatoms. The highest BCUT2D eigenvalue weighted by Gasteiger charge is 2.11. The second-order valence-electron chi connectivity index (χ2n) is 2.88. The van der Waals surface area contributed by atoms with Crippen LogP contribution in [-0.4, -0.2) is 18.9 Å². The zero-order valence-electron chi connectivity index (χ0n) is 7.67. The average molecular weight is 198 g/mol. The normalized spacial score (nSPS) is 12.5. The lowest BCUT2D eigenvalue weighted by Crippen LogP contribution is -2.30. The Hall–Kier alpha value is -0.860. The Morgan fingerprint density at radius 3 is 2.38 bits per heavy atom. The van der Waals surface area contributed by atoms with Crippen LogP contribution >= 0.6 is 11.6 Å². The Morgan fingerprint density at radius 2 is 1.92 bits per heavy atom.